The molecule has 326 valence electrons. The van der Waals surface area contributed by atoms with Gasteiger partial charge in [0.2, 0.25) is 11.8 Å². The molecule has 5 saturated heterocycles. The minimum Gasteiger partial charge on any atom is -0.368 e. The number of fused-ring (bicyclic) bond motifs is 4. The number of rotatable bonds is 11. The van der Waals surface area contributed by atoms with Gasteiger partial charge in [-0.1, -0.05) is 0 Å². The number of piperazine rings is 1. The zero-order valence-electron chi connectivity index (χ0n) is 34.9. The quantitative estimate of drug-likeness (QED) is 0.182. The lowest BCUT2D eigenvalue weighted by atomic mass is 9.84. The lowest BCUT2D eigenvalue weighted by molar-refractivity contribution is -0.136. The van der Waals surface area contributed by atoms with Crippen molar-refractivity contribution >= 4 is 67.7 Å². The van der Waals surface area contributed by atoms with Crippen LogP contribution in [0.25, 0.3) is 22.3 Å². The first kappa shape index (κ1) is 39.6. The molecule has 1 aromatic carbocycles. The Morgan fingerprint density at radius 3 is 2.40 bits per heavy atom. The first-order chi connectivity index (χ1) is 30.4. The van der Waals surface area contributed by atoms with Crippen molar-refractivity contribution in [1.82, 2.24) is 49.0 Å². The number of anilines is 4. The maximum absolute atomic E-state index is 13.5. The smallest absolute Gasteiger partial charge is 0.262 e. The van der Waals surface area contributed by atoms with E-state index in [4.69, 9.17) is 10.1 Å². The highest BCUT2D eigenvalue weighted by Crippen LogP contribution is 2.39. The third kappa shape index (κ3) is 6.89. The molecule has 3 unspecified atom stereocenters. The van der Waals surface area contributed by atoms with Crippen LogP contribution in [0.3, 0.4) is 0 Å². The fourth-order valence-corrected chi connectivity index (χ4v) is 11.4. The summed E-state index contributed by atoms with van der Waals surface area (Å²) in [4.78, 5) is 73.0. The van der Waals surface area contributed by atoms with Gasteiger partial charge < -0.3 is 15.1 Å². The van der Waals surface area contributed by atoms with Gasteiger partial charge in [-0.05, 0) is 82.6 Å². The summed E-state index contributed by atoms with van der Waals surface area (Å²) >= 11 is 0. The van der Waals surface area contributed by atoms with E-state index in [-0.39, 0.29) is 24.1 Å². The Morgan fingerprint density at radius 2 is 1.65 bits per heavy atom. The number of hydrogen-bond acceptors (Lipinski definition) is 15. The molecule has 6 aliphatic heterocycles. The fraction of sp³-hybridized carbons (Fsp3) is 0.465. The number of carbonyl (C=O) groups excluding carboxylic acids is 4. The first-order valence-corrected chi connectivity index (χ1v) is 23.3. The van der Waals surface area contributed by atoms with Crippen LogP contribution in [0.1, 0.15) is 85.6 Å². The molecule has 0 radical (unpaired) electrons. The van der Waals surface area contributed by atoms with Gasteiger partial charge in [-0.3, -0.25) is 39.0 Å². The van der Waals surface area contributed by atoms with Crippen LogP contribution in [0.4, 0.5) is 23.1 Å². The molecule has 6 fully saturated rings. The second kappa shape index (κ2) is 14.9. The van der Waals surface area contributed by atoms with Crippen molar-refractivity contribution in [2.45, 2.75) is 88.2 Å². The Kier molecular flexibility index (Phi) is 9.37. The number of nitrogens with one attached hydrogen (secondary N) is 2. The van der Waals surface area contributed by atoms with Crippen molar-refractivity contribution in [2.24, 2.45) is 5.92 Å². The number of aromatic nitrogens is 7. The molecule has 10 heterocycles. The molecule has 1 aliphatic carbocycles. The van der Waals surface area contributed by atoms with Gasteiger partial charge in [-0.2, -0.15) is 14.3 Å². The molecule has 20 heteroatoms. The molecule has 2 bridgehead atoms. The van der Waals surface area contributed by atoms with Crippen molar-refractivity contribution in [3.8, 4) is 11.4 Å². The number of benzene rings is 1. The van der Waals surface area contributed by atoms with Gasteiger partial charge >= 0.3 is 0 Å². The van der Waals surface area contributed by atoms with Gasteiger partial charge in [0.1, 0.15) is 17.7 Å². The van der Waals surface area contributed by atoms with Gasteiger partial charge in [-0.15, -0.1) is 0 Å². The number of imide groups is 2. The van der Waals surface area contributed by atoms with Crippen LogP contribution in [-0.4, -0.2) is 132 Å². The van der Waals surface area contributed by atoms with Crippen molar-refractivity contribution in [1.29, 1.82) is 0 Å². The van der Waals surface area contributed by atoms with Crippen LogP contribution in [0.5, 0.6) is 0 Å². The Labute approximate surface area is 362 Å². The van der Waals surface area contributed by atoms with Gasteiger partial charge in [0.15, 0.2) is 11.6 Å². The van der Waals surface area contributed by atoms with Crippen molar-refractivity contribution in [3.63, 3.8) is 0 Å². The number of piperidine rings is 3. The van der Waals surface area contributed by atoms with E-state index >= 15 is 0 Å². The van der Waals surface area contributed by atoms with E-state index in [0.717, 1.165) is 83.4 Å². The summed E-state index contributed by atoms with van der Waals surface area (Å²) in [5.74, 6) is 0.988. The molecule has 12 rings (SSSR count). The largest absolute Gasteiger partial charge is 0.368 e. The molecule has 63 heavy (non-hydrogen) atoms. The molecule has 4 aromatic heterocycles. The number of pyridine rings is 1. The van der Waals surface area contributed by atoms with Crippen LogP contribution in [0, 0.1) is 5.92 Å². The highest BCUT2D eigenvalue weighted by atomic mass is 32.2. The minimum absolute atomic E-state index is 0.0887. The molecule has 4 amide bonds. The van der Waals surface area contributed by atoms with E-state index < -0.39 is 39.7 Å². The summed E-state index contributed by atoms with van der Waals surface area (Å²) in [7, 11) is -3.50. The van der Waals surface area contributed by atoms with E-state index in [1.165, 1.54) is 12.4 Å². The van der Waals surface area contributed by atoms with Gasteiger partial charge in [0, 0.05) is 81.4 Å². The zero-order valence-corrected chi connectivity index (χ0v) is 35.7. The molecular weight excluding hydrogens is 827 g/mol. The van der Waals surface area contributed by atoms with E-state index in [1.54, 1.807) is 24.4 Å². The number of amides is 4. The van der Waals surface area contributed by atoms with Crippen molar-refractivity contribution < 1.29 is 27.6 Å². The SMILES string of the molecule is CC(C)n1nc(N2CCC(CN3C4CC3CN(c3ccc5c(c3)C(=O)N(C3CCC(=O)NC3=O)C5=O)C4)CC2)c2cnc(Nc3ccnc(-c4cnn(S(=O)(=O)C5CC5)c4)n3)cc21. The lowest BCUT2D eigenvalue weighted by Crippen LogP contribution is -2.69. The Morgan fingerprint density at radius 1 is 0.873 bits per heavy atom. The molecule has 5 aromatic rings. The molecule has 7 aliphatic rings. The van der Waals surface area contributed by atoms with Crippen molar-refractivity contribution in [2.75, 3.05) is 47.8 Å². The molecular formula is C43H47N13O6S. The third-order valence-electron chi connectivity index (χ3n) is 13.5. The zero-order chi connectivity index (χ0) is 43.3. The molecule has 3 atom stereocenters. The predicted octanol–water partition coefficient (Wildman–Crippen LogP) is 3.33. The second-order valence-corrected chi connectivity index (χ2v) is 20.0. The standard InChI is InChI=1S/C43H47N13O6S/c1-24(2)56-35-17-37(47-36-9-12-44-39(48-36)26-18-46-54(21-26)63(61,62)30-4-5-30)45-19-33(35)40(50-56)51-13-10-25(11-14-51)20-53-28-15-29(53)23-52(22-28)27-3-6-31-32(16-27)43(60)55(42(31)59)34-7-8-38(57)49-41(34)58/h3,6,9,12,16-19,21,24-25,28-30,34H,4-5,7-8,10-11,13-15,20,22-23H2,1-2H3,(H,49,57,58)(H,44,45,47,48). The van der Waals surface area contributed by atoms with Crippen LogP contribution < -0.4 is 20.4 Å². The van der Waals surface area contributed by atoms with E-state index in [2.05, 4.69) is 54.2 Å². The molecule has 1 saturated carbocycles. The molecule has 0 spiro atoms. The average Bonchev–Trinajstić information content (AvgIpc) is 3.83. The normalized spacial score (nSPS) is 23.2. The van der Waals surface area contributed by atoms with Crippen LogP contribution >= 0.6 is 0 Å². The Balaban J connectivity index is 0.716. The lowest BCUT2D eigenvalue weighted by Gasteiger charge is -2.58. The van der Waals surface area contributed by atoms with Gasteiger partial charge in [-0.25, -0.2) is 23.4 Å². The average molecular weight is 874 g/mol. The minimum atomic E-state index is -3.50. The Hall–Kier alpha value is -6.28. The summed E-state index contributed by atoms with van der Waals surface area (Å²) in [6.07, 6.45) is 11.2. The highest BCUT2D eigenvalue weighted by molar-refractivity contribution is 7.90. The second-order valence-electron chi connectivity index (χ2n) is 17.9. The Bertz CT molecular complexity index is 2820. The van der Waals surface area contributed by atoms with Crippen LogP contribution in [0.15, 0.2) is 55.1 Å². The van der Waals surface area contributed by atoms with Gasteiger partial charge in [0.25, 0.3) is 21.8 Å². The van der Waals surface area contributed by atoms with E-state index in [9.17, 15) is 27.6 Å². The van der Waals surface area contributed by atoms with Crippen LogP contribution in [-0.2, 0) is 19.6 Å². The van der Waals surface area contributed by atoms with Crippen LogP contribution in [0.2, 0.25) is 0 Å². The maximum Gasteiger partial charge on any atom is 0.262 e. The predicted molar refractivity (Wildman–Crippen MR) is 231 cm³/mol. The first-order valence-electron chi connectivity index (χ1n) is 21.8. The molecule has 19 nitrogen and oxygen atoms in total. The monoisotopic (exact) mass is 873 g/mol. The highest BCUT2D eigenvalue weighted by Gasteiger charge is 2.48. The molecule has 2 N–H and O–H groups in total. The van der Waals surface area contributed by atoms with E-state index in [0.29, 0.717) is 65.0 Å². The van der Waals surface area contributed by atoms with Gasteiger partial charge in [0.05, 0.1) is 45.2 Å². The van der Waals surface area contributed by atoms with E-state index in [1.807, 2.05) is 23.0 Å². The summed E-state index contributed by atoms with van der Waals surface area (Å²) < 4.78 is 28.4. The fourth-order valence-electron chi connectivity index (χ4n) is 9.97. The maximum atomic E-state index is 13.5. The summed E-state index contributed by atoms with van der Waals surface area (Å²) in [5.41, 5.74) is 2.98. The number of hydrogen-bond donors (Lipinski definition) is 2. The van der Waals surface area contributed by atoms with Crippen molar-refractivity contribution in [3.05, 3.63) is 66.2 Å². The topological polar surface area (TPSA) is 214 Å². The number of carbonyl (C=O) groups is 4. The summed E-state index contributed by atoms with van der Waals surface area (Å²) in [6.45, 7) is 8.74. The summed E-state index contributed by atoms with van der Waals surface area (Å²) in [6, 6.07) is 9.08. The number of nitrogens with zero attached hydrogens (tertiary/aromatic N) is 11. The third-order valence-corrected chi connectivity index (χ3v) is 15.5. The summed E-state index contributed by atoms with van der Waals surface area (Å²) in [5, 5.41) is 15.4.